The van der Waals surface area contributed by atoms with Gasteiger partial charge in [-0.25, -0.2) is 0 Å². The summed E-state index contributed by atoms with van der Waals surface area (Å²) in [5.41, 5.74) is 0.622. The molecular weight excluding hydrogens is 167 g/mol. The van der Waals surface area contributed by atoms with E-state index in [0.29, 0.717) is 5.41 Å². The van der Waals surface area contributed by atoms with Crippen molar-refractivity contribution in [2.45, 2.75) is 72.9 Å². The zero-order valence-corrected chi connectivity index (χ0v) is 11.0. The Hall–Kier alpha value is 0.0649. The zero-order valence-electron chi connectivity index (χ0n) is 11.0. The van der Waals surface area contributed by atoms with E-state index in [-0.39, 0.29) is 0 Å². The molecule has 0 amide bonds. The van der Waals surface area contributed by atoms with Crippen LogP contribution in [0.4, 0.5) is 0 Å². The first-order valence-electron chi connectivity index (χ1n) is 6.58. The van der Waals surface area contributed by atoms with Gasteiger partial charge in [0.15, 0.2) is 0 Å². The van der Waals surface area contributed by atoms with Gasteiger partial charge in [-0.3, -0.25) is 0 Å². The zero-order chi connectivity index (χ0) is 11.0. The standard InChI is InChI=1S/C13H29B/c1-6-9-13(4,7-2)10-8-12(3)11-14-5/h12,14H,6-11H2,1-5H3/t12-,13-/m1/s1. The van der Waals surface area contributed by atoms with Crippen molar-refractivity contribution in [1.29, 1.82) is 0 Å². The Morgan fingerprint density at radius 1 is 1.21 bits per heavy atom. The molecule has 0 rings (SSSR count). The largest absolute Gasteiger partial charge is 0.117 e. The minimum atomic E-state index is 0.622. The lowest BCUT2D eigenvalue weighted by atomic mass is 9.69. The van der Waals surface area contributed by atoms with Crippen LogP contribution >= 0.6 is 0 Å². The SMILES string of the molecule is CBC[C@H](C)CC[C@](C)(CC)CCC. The quantitative estimate of drug-likeness (QED) is 0.500. The lowest BCUT2D eigenvalue weighted by Crippen LogP contribution is -2.16. The van der Waals surface area contributed by atoms with Crippen LogP contribution in [0.25, 0.3) is 0 Å². The average Bonchev–Trinajstić information content (AvgIpc) is 2.16. The molecule has 2 atom stereocenters. The first kappa shape index (κ1) is 14.1. The van der Waals surface area contributed by atoms with Crippen LogP contribution in [0.1, 0.15) is 59.8 Å². The van der Waals surface area contributed by atoms with Crippen LogP contribution in [0, 0.1) is 11.3 Å². The molecule has 0 saturated carbocycles. The minimum Gasteiger partial charge on any atom is -0.0893 e. The molecule has 0 aliphatic heterocycles. The summed E-state index contributed by atoms with van der Waals surface area (Å²) in [7, 11) is 1.35. The van der Waals surface area contributed by atoms with Crippen molar-refractivity contribution in [2.24, 2.45) is 11.3 Å². The van der Waals surface area contributed by atoms with Gasteiger partial charge < -0.3 is 0 Å². The summed E-state index contributed by atoms with van der Waals surface area (Å²) in [6, 6.07) is 0. The van der Waals surface area contributed by atoms with E-state index in [0.717, 1.165) is 5.92 Å². The van der Waals surface area contributed by atoms with Crippen molar-refractivity contribution in [2.75, 3.05) is 0 Å². The van der Waals surface area contributed by atoms with Crippen LogP contribution in [0.2, 0.25) is 13.1 Å². The highest BCUT2D eigenvalue weighted by atomic mass is 14.3. The fraction of sp³-hybridized carbons (Fsp3) is 1.00. The van der Waals surface area contributed by atoms with Gasteiger partial charge in [0.2, 0.25) is 0 Å². The molecule has 14 heavy (non-hydrogen) atoms. The van der Waals surface area contributed by atoms with E-state index in [1.807, 2.05) is 0 Å². The van der Waals surface area contributed by atoms with Crippen molar-refractivity contribution in [3.63, 3.8) is 0 Å². The smallest absolute Gasteiger partial charge is 0.0893 e. The Labute approximate surface area is 92.1 Å². The molecule has 0 unspecified atom stereocenters. The molecule has 0 saturated heterocycles. The van der Waals surface area contributed by atoms with Crippen molar-refractivity contribution in [3.8, 4) is 0 Å². The first-order valence-corrected chi connectivity index (χ1v) is 6.58. The van der Waals surface area contributed by atoms with Crippen LogP contribution < -0.4 is 0 Å². The molecule has 0 nitrogen and oxygen atoms in total. The van der Waals surface area contributed by atoms with E-state index in [2.05, 4.69) is 34.5 Å². The Balaban J connectivity index is 3.81. The van der Waals surface area contributed by atoms with Crippen molar-refractivity contribution in [3.05, 3.63) is 0 Å². The summed E-state index contributed by atoms with van der Waals surface area (Å²) in [6.45, 7) is 11.8. The average molecular weight is 196 g/mol. The number of hydrogen-bond acceptors (Lipinski definition) is 0. The maximum atomic E-state index is 2.47. The predicted molar refractivity (Wildman–Crippen MR) is 69.5 cm³/mol. The second-order valence-corrected chi connectivity index (χ2v) is 5.35. The van der Waals surface area contributed by atoms with Gasteiger partial charge in [0.1, 0.15) is 7.28 Å². The van der Waals surface area contributed by atoms with Gasteiger partial charge in [0.05, 0.1) is 0 Å². The van der Waals surface area contributed by atoms with Crippen LogP contribution in [-0.2, 0) is 0 Å². The third-order valence-electron chi connectivity index (χ3n) is 3.73. The predicted octanol–water partition coefficient (Wildman–Crippen LogP) is 4.52. The topological polar surface area (TPSA) is 0 Å². The minimum absolute atomic E-state index is 0.622. The fourth-order valence-corrected chi connectivity index (χ4v) is 2.31. The van der Waals surface area contributed by atoms with E-state index in [4.69, 9.17) is 0 Å². The molecule has 0 aromatic heterocycles. The number of hydrogen-bond donors (Lipinski definition) is 0. The molecule has 0 aromatic carbocycles. The molecule has 0 N–H and O–H groups in total. The molecule has 0 bridgehead atoms. The monoisotopic (exact) mass is 196 g/mol. The van der Waals surface area contributed by atoms with E-state index in [1.165, 1.54) is 45.7 Å². The van der Waals surface area contributed by atoms with E-state index >= 15 is 0 Å². The number of rotatable bonds is 8. The molecule has 0 aliphatic rings. The van der Waals surface area contributed by atoms with Crippen LogP contribution in [0.15, 0.2) is 0 Å². The van der Waals surface area contributed by atoms with Crippen molar-refractivity contribution >= 4 is 7.28 Å². The summed E-state index contributed by atoms with van der Waals surface area (Å²) in [4.78, 5) is 0. The maximum absolute atomic E-state index is 2.47. The lowest BCUT2D eigenvalue weighted by Gasteiger charge is -2.29. The van der Waals surface area contributed by atoms with Crippen LogP contribution in [-0.4, -0.2) is 7.28 Å². The molecule has 1 heteroatoms. The summed E-state index contributed by atoms with van der Waals surface area (Å²) < 4.78 is 0. The molecule has 0 fully saturated rings. The molecule has 0 radical (unpaired) electrons. The van der Waals surface area contributed by atoms with Gasteiger partial charge in [0.25, 0.3) is 0 Å². The highest BCUT2D eigenvalue weighted by molar-refractivity contribution is 6.33. The molecule has 0 heterocycles. The molecular formula is C13H29B. The lowest BCUT2D eigenvalue weighted by molar-refractivity contribution is 0.238. The van der Waals surface area contributed by atoms with E-state index < -0.39 is 0 Å². The summed E-state index contributed by atoms with van der Waals surface area (Å²) >= 11 is 0. The Morgan fingerprint density at radius 3 is 2.29 bits per heavy atom. The van der Waals surface area contributed by atoms with Crippen LogP contribution in [0.5, 0.6) is 0 Å². The van der Waals surface area contributed by atoms with Gasteiger partial charge >= 0.3 is 0 Å². The normalized spacial score (nSPS) is 17.5. The van der Waals surface area contributed by atoms with E-state index in [1.54, 1.807) is 0 Å². The molecule has 0 spiro atoms. The Morgan fingerprint density at radius 2 is 1.86 bits per heavy atom. The van der Waals surface area contributed by atoms with Gasteiger partial charge in [-0.05, 0) is 18.3 Å². The van der Waals surface area contributed by atoms with Gasteiger partial charge in [-0.1, -0.05) is 66.0 Å². The Kier molecular flexibility index (Phi) is 7.40. The highest BCUT2D eigenvalue weighted by Crippen LogP contribution is 2.34. The third-order valence-corrected chi connectivity index (χ3v) is 3.73. The Bertz CT molecular complexity index is 133. The van der Waals surface area contributed by atoms with Crippen LogP contribution in [0.3, 0.4) is 0 Å². The van der Waals surface area contributed by atoms with Crippen molar-refractivity contribution in [1.82, 2.24) is 0 Å². The van der Waals surface area contributed by atoms with Gasteiger partial charge in [-0.15, -0.1) is 0 Å². The van der Waals surface area contributed by atoms with Crippen molar-refractivity contribution < 1.29 is 0 Å². The molecule has 0 aliphatic carbocycles. The van der Waals surface area contributed by atoms with E-state index in [9.17, 15) is 0 Å². The third kappa shape index (κ3) is 5.72. The highest BCUT2D eigenvalue weighted by Gasteiger charge is 2.21. The van der Waals surface area contributed by atoms with Gasteiger partial charge in [-0.2, -0.15) is 0 Å². The van der Waals surface area contributed by atoms with Gasteiger partial charge in [0, 0.05) is 0 Å². The second kappa shape index (κ2) is 7.37. The second-order valence-electron chi connectivity index (χ2n) is 5.35. The summed E-state index contributed by atoms with van der Waals surface area (Å²) in [5, 5.41) is 0. The summed E-state index contributed by atoms with van der Waals surface area (Å²) in [5.74, 6) is 0.933. The molecule has 84 valence electrons. The molecule has 0 aromatic rings. The maximum Gasteiger partial charge on any atom is 0.117 e. The first-order chi connectivity index (χ1) is 6.58. The summed E-state index contributed by atoms with van der Waals surface area (Å²) in [6.07, 6.45) is 8.36. The fourth-order valence-electron chi connectivity index (χ4n) is 2.31.